The van der Waals surface area contributed by atoms with Crippen molar-refractivity contribution in [3.05, 3.63) is 35.9 Å². The minimum atomic E-state index is -2.41. The van der Waals surface area contributed by atoms with Crippen LogP contribution in [0.2, 0.25) is 0 Å². The predicted octanol–water partition coefficient (Wildman–Crippen LogP) is 2.46. The Hall–Kier alpha value is -1.49. The minimum Gasteiger partial charge on any atom is -0.460 e. The molecule has 1 aromatic carbocycles. The molecular weight excluding hydrogens is 252 g/mol. The van der Waals surface area contributed by atoms with Crippen LogP contribution in [-0.4, -0.2) is 36.4 Å². The maximum absolute atomic E-state index is 12.4. The summed E-state index contributed by atoms with van der Waals surface area (Å²) in [5.41, 5.74) is 0.897. The van der Waals surface area contributed by atoms with E-state index in [0.717, 1.165) is 12.0 Å². The number of carbonyl (C=O) groups excluding carboxylic acids is 1. The van der Waals surface area contributed by atoms with Gasteiger partial charge in [-0.05, 0) is 24.9 Å². The summed E-state index contributed by atoms with van der Waals surface area (Å²) in [4.78, 5) is 13.4. The van der Waals surface area contributed by atoms with Crippen molar-refractivity contribution >= 4 is 5.97 Å². The van der Waals surface area contributed by atoms with E-state index in [1.807, 2.05) is 30.3 Å². The van der Waals surface area contributed by atoms with Crippen LogP contribution in [-0.2, 0) is 16.1 Å². The predicted molar refractivity (Wildman–Crippen MR) is 66.8 cm³/mol. The van der Waals surface area contributed by atoms with Crippen LogP contribution in [0.4, 0.5) is 8.78 Å². The van der Waals surface area contributed by atoms with Gasteiger partial charge in [0.15, 0.2) is 0 Å². The van der Waals surface area contributed by atoms with Gasteiger partial charge >= 0.3 is 5.97 Å². The molecule has 0 saturated carbocycles. The van der Waals surface area contributed by atoms with Crippen LogP contribution in [0.1, 0.15) is 18.4 Å². The van der Waals surface area contributed by atoms with Crippen molar-refractivity contribution < 1.29 is 18.3 Å². The first-order valence-corrected chi connectivity index (χ1v) is 6.39. The maximum atomic E-state index is 12.4. The lowest BCUT2D eigenvalue weighted by Gasteiger charge is -2.22. The molecule has 1 unspecified atom stereocenters. The van der Waals surface area contributed by atoms with Crippen molar-refractivity contribution in [1.29, 1.82) is 0 Å². The molecule has 1 saturated heterocycles. The number of carbonyl (C=O) groups is 1. The van der Waals surface area contributed by atoms with Crippen molar-refractivity contribution in [2.24, 2.45) is 0 Å². The molecule has 0 N–H and O–H groups in total. The third-order valence-electron chi connectivity index (χ3n) is 3.23. The summed E-state index contributed by atoms with van der Waals surface area (Å²) < 4.78 is 30.0. The van der Waals surface area contributed by atoms with Gasteiger partial charge in [0.2, 0.25) is 0 Å². The second kappa shape index (κ2) is 6.61. The molecule has 2 rings (SSSR count). The van der Waals surface area contributed by atoms with Gasteiger partial charge in [0.05, 0.1) is 6.54 Å². The lowest BCUT2D eigenvalue weighted by Crippen LogP contribution is -2.39. The summed E-state index contributed by atoms with van der Waals surface area (Å²) in [7, 11) is 0. The topological polar surface area (TPSA) is 29.5 Å². The number of esters is 1. The van der Waals surface area contributed by atoms with Gasteiger partial charge in [0.1, 0.15) is 12.6 Å². The Morgan fingerprint density at radius 1 is 1.37 bits per heavy atom. The van der Waals surface area contributed by atoms with Gasteiger partial charge in [-0.15, -0.1) is 0 Å². The average Bonchev–Trinajstić information content (AvgIpc) is 2.84. The third kappa shape index (κ3) is 3.99. The summed E-state index contributed by atoms with van der Waals surface area (Å²) in [5, 5.41) is 0. The molecule has 104 valence electrons. The van der Waals surface area contributed by atoms with Crippen LogP contribution in [0.3, 0.4) is 0 Å². The highest BCUT2D eigenvalue weighted by Gasteiger charge is 2.33. The Morgan fingerprint density at radius 2 is 2.11 bits per heavy atom. The van der Waals surface area contributed by atoms with Crippen molar-refractivity contribution in [3.8, 4) is 0 Å². The van der Waals surface area contributed by atoms with Crippen molar-refractivity contribution in [2.75, 3.05) is 13.1 Å². The first kappa shape index (κ1) is 13.9. The van der Waals surface area contributed by atoms with Crippen molar-refractivity contribution in [2.45, 2.75) is 31.9 Å². The Labute approximate surface area is 111 Å². The number of rotatable bonds is 5. The highest BCUT2D eigenvalue weighted by molar-refractivity contribution is 5.76. The molecule has 0 spiro atoms. The van der Waals surface area contributed by atoms with E-state index in [-0.39, 0.29) is 13.2 Å². The van der Waals surface area contributed by atoms with Crippen LogP contribution < -0.4 is 0 Å². The summed E-state index contributed by atoms with van der Waals surface area (Å²) in [6, 6.07) is 8.81. The van der Waals surface area contributed by atoms with Crippen LogP contribution in [0, 0.1) is 0 Å². The molecule has 3 nitrogen and oxygen atoms in total. The number of hydrogen-bond acceptors (Lipinski definition) is 3. The van der Waals surface area contributed by atoms with Gasteiger partial charge in [-0.2, -0.15) is 0 Å². The van der Waals surface area contributed by atoms with E-state index in [1.165, 1.54) is 4.90 Å². The molecule has 1 aliphatic rings. The zero-order valence-electron chi connectivity index (χ0n) is 10.6. The monoisotopic (exact) mass is 269 g/mol. The molecule has 0 bridgehead atoms. The number of alkyl halides is 2. The minimum absolute atomic E-state index is 0.193. The first-order chi connectivity index (χ1) is 9.16. The first-order valence-electron chi connectivity index (χ1n) is 6.39. The lowest BCUT2D eigenvalue weighted by atomic mass is 10.2. The highest BCUT2D eigenvalue weighted by atomic mass is 19.3. The Kier molecular flexibility index (Phi) is 4.85. The number of benzene rings is 1. The Morgan fingerprint density at radius 3 is 2.79 bits per heavy atom. The van der Waals surface area contributed by atoms with Crippen molar-refractivity contribution in [1.82, 2.24) is 4.90 Å². The largest absolute Gasteiger partial charge is 0.460 e. The standard InChI is InChI=1S/C14H17F2NO2/c15-13(16)9-17-8-4-7-12(17)14(18)19-10-11-5-2-1-3-6-11/h1-3,5-6,12-13H,4,7-10H2. The van der Waals surface area contributed by atoms with E-state index in [1.54, 1.807) is 0 Å². The SMILES string of the molecule is O=C(OCc1ccccc1)C1CCCN1CC(F)F. The second-order valence-electron chi connectivity index (χ2n) is 4.64. The molecule has 0 radical (unpaired) electrons. The molecule has 1 aliphatic heterocycles. The molecule has 1 atom stereocenters. The smallest absolute Gasteiger partial charge is 0.323 e. The van der Waals surface area contributed by atoms with Crippen LogP contribution >= 0.6 is 0 Å². The van der Waals surface area contributed by atoms with Gasteiger partial charge in [0.25, 0.3) is 6.43 Å². The van der Waals surface area contributed by atoms with E-state index in [0.29, 0.717) is 13.0 Å². The molecule has 0 aromatic heterocycles. The van der Waals surface area contributed by atoms with Gasteiger partial charge in [-0.1, -0.05) is 30.3 Å². The van der Waals surface area contributed by atoms with Crippen molar-refractivity contribution in [3.63, 3.8) is 0 Å². The molecule has 5 heteroatoms. The molecule has 1 aromatic rings. The maximum Gasteiger partial charge on any atom is 0.323 e. The fourth-order valence-corrected chi connectivity index (χ4v) is 2.31. The number of nitrogens with zero attached hydrogens (tertiary/aromatic N) is 1. The zero-order valence-corrected chi connectivity index (χ0v) is 10.6. The van der Waals surface area contributed by atoms with E-state index in [9.17, 15) is 13.6 Å². The van der Waals surface area contributed by atoms with Crippen LogP contribution in [0.5, 0.6) is 0 Å². The Balaban J connectivity index is 1.85. The molecule has 0 amide bonds. The van der Waals surface area contributed by atoms with Gasteiger partial charge in [-0.25, -0.2) is 8.78 Å². The van der Waals surface area contributed by atoms with Crippen LogP contribution in [0.15, 0.2) is 30.3 Å². The Bertz CT molecular complexity index is 411. The fourth-order valence-electron chi connectivity index (χ4n) is 2.31. The molecule has 0 aliphatic carbocycles. The summed E-state index contributed by atoms with van der Waals surface area (Å²) in [5.74, 6) is -0.401. The van der Waals surface area contributed by atoms with Gasteiger partial charge < -0.3 is 4.74 Å². The fraction of sp³-hybridized carbons (Fsp3) is 0.500. The van der Waals surface area contributed by atoms with E-state index in [4.69, 9.17) is 4.74 Å². The number of hydrogen-bond donors (Lipinski definition) is 0. The zero-order chi connectivity index (χ0) is 13.7. The molecule has 19 heavy (non-hydrogen) atoms. The third-order valence-corrected chi connectivity index (χ3v) is 3.23. The van der Waals surface area contributed by atoms with Crippen LogP contribution in [0.25, 0.3) is 0 Å². The number of ether oxygens (including phenoxy) is 1. The number of likely N-dealkylation sites (tertiary alicyclic amines) is 1. The molecule has 1 heterocycles. The van der Waals surface area contributed by atoms with E-state index in [2.05, 4.69) is 0 Å². The van der Waals surface area contributed by atoms with Gasteiger partial charge in [-0.3, -0.25) is 9.69 Å². The second-order valence-corrected chi connectivity index (χ2v) is 4.64. The van der Waals surface area contributed by atoms with Gasteiger partial charge in [0, 0.05) is 0 Å². The lowest BCUT2D eigenvalue weighted by molar-refractivity contribution is -0.150. The summed E-state index contributed by atoms with van der Waals surface area (Å²) in [6.07, 6.45) is -1.06. The van der Waals surface area contributed by atoms with E-state index >= 15 is 0 Å². The summed E-state index contributed by atoms with van der Waals surface area (Å²) in [6.45, 7) is 0.374. The molecule has 1 fully saturated rings. The highest BCUT2D eigenvalue weighted by Crippen LogP contribution is 2.20. The van der Waals surface area contributed by atoms with E-state index < -0.39 is 18.4 Å². The summed E-state index contributed by atoms with van der Waals surface area (Å²) >= 11 is 0. The quantitative estimate of drug-likeness (QED) is 0.769. The normalized spacial score (nSPS) is 19.8. The molecular formula is C14H17F2NO2. The number of halogens is 2. The average molecular weight is 269 g/mol.